The lowest BCUT2D eigenvalue weighted by molar-refractivity contribution is -0.147. The molecule has 1 saturated heterocycles. The van der Waals surface area contributed by atoms with Gasteiger partial charge in [0, 0.05) is 23.7 Å². The van der Waals surface area contributed by atoms with Crippen LogP contribution in [0, 0.1) is 0 Å². The molecule has 1 fully saturated rings. The average molecular weight is 390 g/mol. The van der Waals surface area contributed by atoms with E-state index in [1.54, 1.807) is 6.07 Å². The van der Waals surface area contributed by atoms with E-state index in [2.05, 4.69) is 10.1 Å². The van der Waals surface area contributed by atoms with E-state index in [1.807, 2.05) is 0 Å². The summed E-state index contributed by atoms with van der Waals surface area (Å²) in [6.45, 7) is -0.251. The molecule has 0 aromatic carbocycles. The smallest absolute Gasteiger partial charge is 0.401 e. The van der Waals surface area contributed by atoms with Gasteiger partial charge in [0.25, 0.3) is 0 Å². The number of pyridine rings is 1. The van der Waals surface area contributed by atoms with Crippen LogP contribution >= 0.6 is 11.6 Å². The molecule has 1 aliphatic heterocycles. The molecule has 1 aliphatic rings. The van der Waals surface area contributed by atoms with Crippen molar-refractivity contribution in [3.63, 3.8) is 0 Å². The van der Waals surface area contributed by atoms with E-state index in [4.69, 9.17) is 21.2 Å². The van der Waals surface area contributed by atoms with Crippen molar-refractivity contribution < 1.29 is 27.6 Å². The highest BCUT2D eigenvalue weighted by Crippen LogP contribution is 2.34. The molecule has 1 N–H and O–H groups in total. The maximum Gasteiger partial charge on any atom is 0.401 e. The molecular formula is C16H15ClF3N3O3. The number of hydrogen-bond acceptors (Lipinski definition) is 5. The molecule has 0 amide bonds. The molecule has 3 rings (SSSR count). The molecule has 0 aliphatic carbocycles. The molecule has 2 aromatic rings. The first-order valence-corrected chi connectivity index (χ1v) is 8.25. The average Bonchev–Trinajstić information content (AvgIpc) is 3.04. The summed E-state index contributed by atoms with van der Waals surface area (Å²) < 4.78 is 42.3. The highest BCUT2D eigenvalue weighted by atomic mass is 35.5. The Morgan fingerprint density at radius 1 is 1.35 bits per heavy atom. The number of hydrogen-bond donors (Lipinski definition) is 1. The number of alkyl halides is 3. The highest BCUT2D eigenvalue weighted by molar-refractivity contribution is 6.31. The zero-order chi connectivity index (χ0) is 18.9. The van der Waals surface area contributed by atoms with Gasteiger partial charge in [0.2, 0.25) is 0 Å². The van der Waals surface area contributed by atoms with Gasteiger partial charge < -0.3 is 9.63 Å². The van der Waals surface area contributed by atoms with Gasteiger partial charge in [-0.25, -0.2) is 4.79 Å². The first-order valence-electron chi connectivity index (χ1n) is 7.88. The number of rotatable bonds is 4. The van der Waals surface area contributed by atoms with Crippen molar-refractivity contribution in [2.45, 2.75) is 24.9 Å². The number of piperidine rings is 1. The molecule has 10 heteroatoms. The van der Waals surface area contributed by atoms with Crippen LogP contribution in [0.15, 0.2) is 22.9 Å². The van der Waals surface area contributed by atoms with E-state index in [0.29, 0.717) is 42.2 Å². The maximum atomic E-state index is 12.5. The van der Waals surface area contributed by atoms with Gasteiger partial charge in [-0.1, -0.05) is 16.8 Å². The quantitative estimate of drug-likeness (QED) is 0.856. The Bertz CT molecular complexity index is 802. The minimum absolute atomic E-state index is 0.0228. The lowest BCUT2D eigenvalue weighted by Crippen LogP contribution is -2.39. The van der Waals surface area contributed by atoms with Crippen molar-refractivity contribution in [3.05, 3.63) is 34.7 Å². The number of carboxylic acid groups (broad SMARTS) is 1. The Balaban J connectivity index is 1.69. The Morgan fingerprint density at radius 2 is 2.04 bits per heavy atom. The van der Waals surface area contributed by atoms with Crippen LogP contribution in [0.25, 0.3) is 11.3 Å². The number of nitrogens with zero attached hydrogens (tertiary/aromatic N) is 3. The summed E-state index contributed by atoms with van der Waals surface area (Å²) in [5.41, 5.74) is 0.880. The summed E-state index contributed by atoms with van der Waals surface area (Å²) in [5.74, 6) is -1.00. The topological polar surface area (TPSA) is 79.5 Å². The zero-order valence-corrected chi connectivity index (χ0v) is 14.2. The molecule has 26 heavy (non-hydrogen) atoms. The van der Waals surface area contributed by atoms with Gasteiger partial charge in [-0.3, -0.25) is 9.88 Å². The summed E-state index contributed by atoms with van der Waals surface area (Å²) in [7, 11) is 0. The first kappa shape index (κ1) is 18.7. The van der Waals surface area contributed by atoms with Crippen LogP contribution in [-0.4, -0.2) is 51.9 Å². The van der Waals surface area contributed by atoms with Crippen LogP contribution < -0.4 is 0 Å². The standard InChI is InChI=1S/C16H15ClF3N3O3/c17-11-5-10(13-6-12(15(24)25)22-26-13)7-21-14(11)9-1-3-23(4-2-9)8-16(18,19)20/h5-7,9H,1-4,8H2,(H,24,25). The third-order valence-electron chi connectivity index (χ3n) is 4.26. The van der Waals surface area contributed by atoms with Gasteiger partial charge in [0.15, 0.2) is 11.5 Å². The fraction of sp³-hybridized carbons (Fsp3) is 0.438. The molecule has 6 nitrogen and oxygen atoms in total. The summed E-state index contributed by atoms with van der Waals surface area (Å²) in [6.07, 6.45) is -1.63. The molecule has 0 radical (unpaired) electrons. The van der Waals surface area contributed by atoms with Crippen LogP contribution in [0.4, 0.5) is 13.2 Å². The van der Waals surface area contributed by atoms with Crippen molar-refractivity contribution in [3.8, 4) is 11.3 Å². The molecule has 0 saturated carbocycles. The summed E-state index contributed by atoms with van der Waals surface area (Å²) in [4.78, 5) is 16.5. The molecule has 0 atom stereocenters. The Hall–Kier alpha value is -2.13. The lowest BCUT2D eigenvalue weighted by atomic mass is 9.92. The zero-order valence-electron chi connectivity index (χ0n) is 13.5. The monoisotopic (exact) mass is 389 g/mol. The Kier molecular flexibility index (Phi) is 5.19. The van der Waals surface area contributed by atoms with Crippen molar-refractivity contribution in [1.29, 1.82) is 0 Å². The molecule has 0 unspecified atom stereocenters. The predicted molar refractivity (Wildman–Crippen MR) is 86.2 cm³/mol. The van der Waals surface area contributed by atoms with Gasteiger partial charge in [-0.15, -0.1) is 0 Å². The SMILES string of the molecule is O=C(O)c1cc(-c2cnc(C3CCN(CC(F)(F)F)CC3)c(Cl)c2)on1. The summed E-state index contributed by atoms with van der Waals surface area (Å²) >= 11 is 6.29. The fourth-order valence-electron chi connectivity index (χ4n) is 3.01. The van der Waals surface area contributed by atoms with Crippen LogP contribution in [-0.2, 0) is 0 Å². The van der Waals surface area contributed by atoms with Gasteiger partial charge in [0.05, 0.1) is 17.3 Å². The second-order valence-electron chi connectivity index (χ2n) is 6.14. The van der Waals surface area contributed by atoms with Crippen molar-refractivity contribution in [2.75, 3.05) is 19.6 Å². The molecule has 2 aromatic heterocycles. The number of aromatic nitrogens is 2. The number of halogens is 4. The van der Waals surface area contributed by atoms with Gasteiger partial charge >= 0.3 is 12.1 Å². The lowest BCUT2D eigenvalue weighted by Gasteiger charge is -2.32. The van der Waals surface area contributed by atoms with Crippen LogP contribution in [0.3, 0.4) is 0 Å². The maximum absolute atomic E-state index is 12.5. The second-order valence-corrected chi connectivity index (χ2v) is 6.55. The normalized spacial score (nSPS) is 16.8. The number of carboxylic acids is 1. The van der Waals surface area contributed by atoms with E-state index >= 15 is 0 Å². The first-order chi connectivity index (χ1) is 12.2. The highest BCUT2D eigenvalue weighted by Gasteiger charge is 2.33. The number of aromatic carboxylic acids is 1. The molecule has 0 spiro atoms. The van der Waals surface area contributed by atoms with Crippen LogP contribution in [0.2, 0.25) is 5.02 Å². The molecule has 0 bridgehead atoms. The Morgan fingerprint density at radius 3 is 2.58 bits per heavy atom. The third kappa shape index (κ3) is 4.34. The van der Waals surface area contributed by atoms with Crippen molar-refractivity contribution >= 4 is 17.6 Å². The largest absolute Gasteiger partial charge is 0.476 e. The van der Waals surface area contributed by atoms with Crippen LogP contribution in [0.1, 0.15) is 34.9 Å². The second kappa shape index (κ2) is 7.24. The fourth-order valence-corrected chi connectivity index (χ4v) is 3.33. The number of likely N-dealkylation sites (tertiary alicyclic amines) is 1. The van der Waals surface area contributed by atoms with Gasteiger partial charge in [-0.2, -0.15) is 13.2 Å². The number of carbonyl (C=O) groups is 1. The van der Waals surface area contributed by atoms with Gasteiger partial charge in [0.1, 0.15) is 0 Å². The predicted octanol–water partition coefficient (Wildman–Crippen LogP) is 3.83. The van der Waals surface area contributed by atoms with Crippen molar-refractivity contribution in [1.82, 2.24) is 15.0 Å². The van der Waals surface area contributed by atoms with E-state index in [0.717, 1.165) is 0 Å². The summed E-state index contributed by atoms with van der Waals surface area (Å²) in [5, 5.41) is 12.7. The van der Waals surface area contributed by atoms with E-state index in [-0.39, 0.29) is 17.4 Å². The third-order valence-corrected chi connectivity index (χ3v) is 4.56. The van der Waals surface area contributed by atoms with E-state index < -0.39 is 18.7 Å². The van der Waals surface area contributed by atoms with Crippen LogP contribution in [0.5, 0.6) is 0 Å². The van der Waals surface area contributed by atoms with E-state index in [9.17, 15) is 18.0 Å². The molecular weight excluding hydrogens is 375 g/mol. The van der Waals surface area contributed by atoms with Crippen molar-refractivity contribution in [2.24, 2.45) is 0 Å². The minimum Gasteiger partial charge on any atom is -0.476 e. The molecule has 3 heterocycles. The van der Waals surface area contributed by atoms with Gasteiger partial charge in [-0.05, 0) is 32.0 Å². The Labute approximate surface area is 151 Å². The summed E-state index contributed by atoms with van der Waals surface area (Å²) in [6, 6.07) is 2.86. The molecule has 140 valence electrons. The van der Waals surface area contributed by atoms with E-state index in [1.165, 1.54) is 17.2 Å². The minimum atomic E-state index is -4.20.